The van der Waals surface area contributed by atoms with Crippen molar-refractivity contribution in [3.8, 4) is 0 Å². The fraction of sp³-hybridized carbons (Fsp3) is 0.833. The standard InChI is InChI=1S/C6H7F5N4O2/c1-2-14-4(15(16)17)13(3-12-14)6(10,11)5(7,8)9/h3-4H,2H2,1H3. The Bertz CT molecular complexity index is 344. The Kier molecular flexibility index (Phi) is 3.12. The fourth-order valence-corrected chi connectivity index (χ4v) is 1.20. The lowest BCUT2D eigenvalue weighted by molar-refractivity contribution is -0.585. The second-order valence-electron chi connectivity index (χ2n) is 3.06. The van der Waals surface area contributed by atoms with E-state index in [-0.39, 0.29) is 12.9 Å². The van der Waals surface area contributed by atoms with Crippen LogP contribution in [0.4, 0.5) is 22.0 Å². The Morgan fingerprint density at radius 2 is 1.94 bits per heavy atom. The zero-order chi connectivity index (χ0) is 13.4. The first-order valence-corrected chi connectivity index (χ1v) is 4.30. The Labute approximate surface area is 91.4 Å². The van der Waals surface area contributed by atoms with Gasteiger partial charge in [-0.15, -0.1) is 0 Å². The van der Waals surface area contributed by atoms with Gasteiger partial charge in [-0.05, 0) is 6.92 Å². The van der Waals surface area contributed by atoms with Crippen molar-refractivity contribution in [3.05, 3.63) is 10.1 Å². The van der Waals surface area contributed by atoms with Gasteiger partial charge in [0.25, 0.3) is 0 Å². The minimum Gasteiger partial charge on any atom is -0.261 e. The van der Waals surface area contributed by atoms with Gasteiger partial charge >= 0.3 is 18.5 Å². The van der Waals surface area contributed by atoms with Crippen LogP contribution in [-0.4, -0.2) is 46.2 Å². The van der Waals surface area contributed by atoms with Gasteiger partial charge < -0.3 is 0 Å². The molecule has 1 aliphatic rings. The molecular weight excluding hydrogens is 255 g/mol. The van der Waals surface area contributed by atoms with E-state index in [4.69, 9.17) is 0 Å². The molecule has 1 aliphatic heterocycles. The predicted molar refractivity (Wildman–Crippen MR) is 44.5 cm³/mol. The highest BCUT2D eigenvalue weighted by Gasteiger charge is 2.67. The van der Waals surface area contributed by atoms with E-state index in [0.717, 1.165) is 0 Å². The third-order valence-electron chi connectivity index (χ3n) is 2.02. The summed E-state index contributed by atoms with van der Waals surface area (Å²) in [6.07, 6.45) is -8.17. The van der Waals surface area contributed by atoms with E-state index in [2.05, 4.69) is 5.10 Å². The topological polar surface area (TPSA) is 62.0 Å². The molecule has 0 saturated carbocycles. The van der Waals surface area contributed by atoms with Gasteiger partial charge in [0.15, 0.2) is 0 Å². The maximum Gasteiger partial charge on any atom is 0.475 e. The van der Waals surface area contributed by atoms with Gasteiger partial charge in [0.2, 0.25) is 0 Å². The second kappa shape index (κ2) is 3.96. The lowest BCUT2D eigenvalue weighted by Crippen LogP contribution is -2.59. The van der Waals surface area contributed by atoms with Gasteiger partial charge in [0.05, 0.1) is 4.92 Å². The molecule has 1 atom stereocenters. The van der Waals surface area contributed by atoms with Crippen LogP contribution < -0.4 is 0 Å². The van der Waals surface area contributed by atoms with Gasteiger partial charge in [-0.25, -0.2) is 9.91 Å². The van der Waals surface area contributed by atoms with Crippen LogP contribution in [0.3, 0.4) is 0 Å². The van der Waals surface area contributed by atoms with Crippen LogP contribution in [0, 0.1) is 10.1 Å². The average Bonchev–Trinajstić information content (AvgIpc) is 2.59. The molecule has 0 N–H and O–H groups in total. The van der Waals surface area contributed by atoms with Crippen molar-refractivity contribution in [2.75, 3.05) is 6.54 Å². The molecule has 0 aromatic carbocycles. The zero-order valence-electron chi connectivity index (χ0n) is 8.36. The van der Waals surface area contributed by atoms with Crippen molar-refractivity contribution in [1.82, 2.24) is 9.91 Å². The molecular formula is C6H7F5N4O2. The summed E-state index contributed by atoms with van der Waals surface area (Å²) in [5, 5.41) is 14.1. The van der Waals surface area contributed by atoms with Crippen molar-refractivity contribution in [2.24, 2.45) is 5.10 Å². The first-order chi connectivity index (χ1) is 7.63. The molecule has 0 saturated heterocycles. The maximum atomic E-state index is 12.9. The first-order valence-electron chi connectivity index (χ1n) is 4.30. The van der Waals surface area contributed by atoms with Crippen LogP contribution in [0.2, 0.25) is 0 Å². The molecule has 0 spiro atoms. The normalized spacial score (nSPS) is 21.2. The van der Waals surface area contributed by atoms with Crippen molar-refractivity contribution >= 4 is 6.34 Å². The van der Waals surface area contributed by atoms with E-state index in [1.165, 1.54) is 6.92 Å². The van der Waals surface area contributed by atoms with Crippen molar-refractivity contribution in [2.45, 2.75) is 25.4 Å². The number of hydrogen-bond acceptors (Lipinski definition) is 5. The predicted octanol–water partition coefficient (Wildman–Crippen LogP) is 1.28. The molecule has 0 aromatic rings. The highest BCUT2D eigenvalue weighted by atomic mass is 19.4. The fourth-order valence-electron chi connectivity index (χ4n) is 1.20. The van der Waals surface area contributed by atoms with E-state index in [0.29, 0.717) is 5.01 Å². The number of hydrazone groups is 1. The van der Waals surface area contributed by atoms with Crippen LogP contribution in [0.1, 0.15) is 6.92 Å². The summed E-state index contributed by atoms with van der Waals surface area (Å²) in [5.74, 6) is 0. The van der Waals surface area contributed by atoms with E-state index in [1.54, 1.807) is 0 Å². The monoisotopic (exact) mass is 262 g/mol. The van der Waals surface area contributed by atoms with Crippen molar-refractivity contribution in [1.29, 1.82) is 0 Å². The molecule has 98 valence electrons. The van der Waals surface area contributed by atoms with Crippen molar-refractivity contribution in [3.63, 3.8) is 0 Å². The number of hydrogen-bond donors (Lipinski definition) is 0. The SMILES string of the molecule is CCN1N=CN(C(F)(F)C(F)(F)F)C1[N+](=O)[O-]. The summed E-state index contributed by atoms with van der Waals surface area (Å²) in [6.45, 7) is 1.16. The van der Waals surface area contributed by atoms with Gasteiger partial charge in [-0.2, -0.15) is 27.1 Å². The molecule has 1 heterocycles. The zero-order valence-corrected chi connectivity index (χ0v) is 8.36. The minimum atomic E-state index is -5.92. The van der Waals surface area contributed by atoms with Gasteiger partial charge in [-0.3, -0.25) is 10.1 Å². The van der Waals surface area contributed by atoms with Gasteiger partial charge in [-0.1, -0.05) is 0 Å². The van der Waals surface area contributed by atoms with Crippen LogP contribution in [-0.2, 0) is 0 Å². The summed E-state index contributed by atoms with van der Waals surface area (Å²) < 4.78 is 62.0. The largest absolute Gasteiger partial charge is 0.475 e. The third-order valence-corrected chi connectivity index (χ3v) is 2.02. The molecule has 11 heteroatoms. The lowest BCUT2D eigenvalue weighted by atomic mass is 10.4. The lowest BCUT2D eigenvalue weighted by Gasteiger charge is -2.30. The van der Waals surface area contributed by atoms with E-state index < -0.39 is 28.3 Å². The molecule has 17 heavy (non-hydrogen) atoms. The Morgan fingerprint density at radius 1 is 1.41 bits per heavy atom. The first kappa shape index (κ1) is 13.4. The summed E-state index contributed by atoms with van der Waals surface area (Å²) in [6, 6.07) is -5.35. The molecule has 1 rings (SSSR count). The van der Waals surface area contributed by atoms with Crippen molar-refractivity contribution < 1.29 is 26.9 Å². The minimum absolute atomic E-state index is 0.116. The Hall–Kier alpha value is -1.68. The maximum absolute atomic E-state index is 12.9. The number of rotatable bonds is 3. The smallest absolute Gasteiger partial charge is 0.261 e. The van der Waals surface area contributed by atoms with Crippen LogP contribution >= 0.6 is 0 Å². The summed E-state index contributed by atoms with van der Waals surface area (Å²) in [5.41, 5.74) is 0. The molecule has 0 aromatic heterocycles. The van der Waals surface area contributed by atoms with Crippen LogP contribution in [0.15, 0.2) is 5.10 Å². The second-order valence-corrected chi connectivity index (χ2v) is 3.06. The van der Waals surface area contributed by atoms with E-state index in [1.807, 2.05) is 0 Å². The molecule has 0 fully saturated rings. The molecule has 0 radical (unpaired) electrons. The molecule has 0 aliphatic carbocycles. The number of alkyl halides is 5. The number of halogens is 5. The summed E-state index contributed by atoms with van der Waals surface area (Å²) in [4.78, 5) is 8.50. The molecule has 6 nitrogen and oxygen atoms in total. The number of nitrogens with zero attached hydrogens (tertiary/aromatic N) is 4. The van der Waals surface area contributed by atoms with Crippen LogP contribution in [0.25, 0.3) is 0 Å². The van der Waals surface area contributed by atoms with E-state index >= 15 is 0 Å². The van der Waals surface area contributed by atoms with Gasteiger partial charge in [0.1, 0.15) is 6.34 Å². The number of nitro groups is 1. The van der Waals surface area contributed by atoms with Crippen LogP contribution in [0.5, 0.6) is 0 Å². The van der Waals surface area contributed by atoms with Gasteiger partial charge in [0, 0.05) is 6.54 Å². The highest BCUT2D eigenvalue weighted by molar-refractivity contribution is 5.57. The quantitative estimate of drug-likeness (QED) is 0.332. The third kappa shape index (κ3) is 2.08. The highest BCUT2D eigenvalue weighted by Crippen LogP contribution is 2.40. The molecule has 0 amide bonds. The summed E-state index contributed by atoms with van der Waals surface area (Å²) >= 11 is 0. The van der Waals surface area contributed by atoms with E-state index in [9.17, 15) is 32.1 Å². The average molecular weight is 262 g/mol. The molecule has 0 bridgehead atoms. The Morgan fingerprint density at radius 3 is 2.29 bits per heavy atom. The summed E-state index contributed by atoms with van der Waals surface area (Å²) in [7, 11) is 0. The Balaban J connectivity index is 3.07. The molecule has 1 unspecified atom stereocenters.